The zero-order chi connectivity index (χ0) is 30.4. The number of esters is 1. The number of hydroxylamine groups is 1. The Morgan fingerprint density at radius 2 is 1.73 bits per heavy atom. The van der Waals surface area contributed by atoms with E-state index < -0.39 is 17.7 Å². The van der Waals surface area contributed by atoms with E-state index in [-0.39, 0.29) is 31.7 Å². The first-order valence-electron chi connectivity index (χ1n) is 13.8. The first kappa shape index (κ1) is 37.4. The van der Waals surface area contributed by atoms with Gasteiger partial charge in [0.2, 0.25) is 0 Å². The summed E-state index contributed by atoms with van der Waals surface area (Å²) in [5.41, 5.74) is 5.75. The number of carbonyl (C=O) groups is 2. The van der Waals surface area contributed by atoms with E-state index in [9.17, 15) is 9.59 Å². The Morgan fingerprint density at radius 3 is 2.33 bits per heavy atom. The predicted octanol–water partition coefficient (Wildman–Crippen LogP) is 3.69. The van der Waals surface area contributed by atoms with Gasteiger partial charge >= 0.3 is 12.1 Å². The van der Waals surface area contributed by atoms with Crippen LogP contribution in [0.4, 0.5) is 4.79 Å². The normalized spacial score (nSPS) is 14.2. The average molecular weight is 573 g/mol. The third kappa shape index (κ3) is 21.2. The number of hydrogen-bond donors (Lipinski definition) is 3. The van der Waals surface area contributed by atoms with Gasteiger partial charge in [-0.05, 0) is 46.5 Å². The summed E-state index contributed by atoms with van der Waals surface area (Å²) < 4.78 is 27.1. The maximum Gasteiger partial charge on any atom is 0.407 e. The summed E-state index contributed by atoms with van der Waals surface area (Å²) in [7, 11) is 0. The smallest absolute Gasteiger partial charge is 0.407 e. The first-order valence-corrected chi connectivity index (χ1v) is 13.8. The van der Waals surface area contributed by atoms with Crippen LogP contribution in [0.2, 0.25) is 0 Å². The highest BCUT2D eigenvalue weighted by Gasteiger charge is 2.20. The number of rotatable bonds is 21. The Hall–Kier alpha value is -2.64. The van der Waals surface area contributed by atoms with Gasteiger partial charge in [0.1, 0.15) is 11.3 Å². The van der Waals surface area contributed by atoms with Crippen molar-refractivity contribution in [1.82, 2.24) is 10.5 Å². The summed E-state index contributed by atoms with van der Waals surface area (Å²) in [6.07, 6.45) is 8.80. The minimum atomic E-state index is -0.694. The molecule has 0 aromatic rings. The maximum absolute atomic E-state index is 12.4. The number of ether oxygens (including phenoxy) is 5. The van der Waals surface area contributed by atoms with Crippen LogP contribution in [0.1, 0.15) is 67.7 Å². The largest absolute Gasteiger partial charge is 0.461 e. The van der Waals surface area contributed by atoms with Crippen molar-refractivity contribution in [2.45, 2.75) is 79.4 Å². The second-order valence-corrected chi connectivity index (χ2v) is 10.1. The van der Waals surface area contributed by atoms with Crippen molar-refractivity contribution in [3.8, 4) is 0 Å². The fourth-order valence-electron chi connectivity index (χ4n) is 2.99. The van der Waals surface area contributed by atoms with E-state index in [1.807, 2.05) is 39.8 Å². The molecule has 232 valence electrons. The SMILES string of the molecule is CC/C=C(\C=C/COCON(N)/C=C(\N)C(=O)OCC)C[C@H](COCCOCC(C)CC)NC(=O)OC(C)(C)C. The number of carbonyl (C=O) groups excluding carboxylic acids is 2. The maximum atomic E-state index is 12.4. The van der Waals surface area contributed by atoms with Crippen LogP contribution in [0.3, 0.4) is 0 Å². The van der Waals surface area contributed by atoms with Gasteiger partial charge in [-0.3, -0.25) is 0 Å². The molecule has 0 spiro atoms. The summed E-state index contributed by atoms with van der Waals surface area (Å²) in [5.74, 6) is 5.42. The molecular weight excluding hydrogens is 520 g/mol. The molecule has 0 radical (unpaired) electrons. The molecule has 0 heterocycles. The van der Waals surface area contributed by atoms with E-state index in [0.29, 0.717) is 38.8 Å². The van der Waals surface area contributed by atoms with E-state index >= 15 is 0 Å². The third-order valence-electron chi connectivity index (χ3n) is 5.07. The monoisotopic (exact) mass is 572 g/mol. The Balaban J connectivity index is 4.85. The summed E-state index contributed by atoms with van der Waals surface area (Å²) >= 11 is 0. The van der Waals surface area contributed by atoms with Crippen LogP contribution in [0.25, 0.3) is 0 Å². The molecule has 0 saturated carbocycles. The fraction of sp³-hybridized carbons (Fsp3) is 0.714. The number of nitrogens with two attached hydrogens (primary N) is 2. The van der Waals surface area contributed by atoms with Crippen LogP contribution in [0.5, 0.6) is 0 Å². The molecule has 1 amide bonds. The van der Waals surface area contributed by atoms with E-state index in [1.165, 1.54) is 0 Å². The van der Waals surface area contributed by atoms with Gasteiger partial charge < -0.3 is 34.7 Å². The van der Waals surface area contributed by atoms with Gasteiger partial charge in [-0.2, -0.15) is 5.17 Å². The van der Waals surface area contributed by atoms with Crippen molar-refractivity contribution in [2.24, 2.45) is 17.5 Å². The molecule has 12 heteroatoms. The van der Waals surface area contributed by atoms with Gasteiger partial charge in [0.05, 0.1) is 45.3 Å². The first-order chi connectivity index (χ1) is 18.9. The minimum Gasteiger partial charge on any atom is -0.461 e. The molecule has 0 aromatic carbocycles. The van der Waals surface area contributed by atoms with Crippen molar-refractivity contribution < 1.29 is 38.1 Å². The lowest BCUT2D eigenvalue weighted by Gasteiger charge is -2.24. The van der Waals surface area contributed by atoms with Crippen LogP contribution >= 0.6 is 0 Å². The van der Waals surface area contributed by atoms with Gasteiger partial charge in [-0.25, -0.2) is 20.3 Å². The number of nitrogens with one attached hydrogen (secondary N) is 1. The van der Waals surface area contributed by atoms with Crippen LogP contribution in [-0.4, -0.2) is 75.3 Å². The molecule has 0 fully saturated rings. The quantitative estimate of drug-likeness (QED) is 0.0350. The van der Waals surface area contributed by atoms with Crippen LogP contribution in [0.15, 0.2) is 35.7 Å². The molecule has 2 atom stereocenters. The predicted molar refractivity (Wildman–Crippen MR) is 153 cm³/mol. The zero-order valence-corrected chi connectivity index (χ0v) is 25.4. The number of nitrogens with zero attached hydrogens (tertiary/aromatic N) is 1. The third-order valence-corrected chi connectivity index (χ3v) is 5.07. The van der Waals surface area contributed by atoms with Crippen LogP contribution in [0, 0.1) is 5.92 Å². The molecule has 1 unspecified atom stereocenters. The molecule has 0 saturated heterocycles. The Bertz CT molecular complexity index is 796. The zero-order valence-electron chi connectivity index (χ0n) is 25.4. The summed E-state index contributed by atoms with van der Waals surface area (Å²) in [5, 5.41) is 3.69. The summed E-state index contributed by atoms with van der Waals surface area (Å²) in [6, 6.07) is -0.307. The molecule has 5 N–H and O–H groups in total. The molecule has 0 aromatic heterocycles. The van der Waals surface area contributed by atoms with Gasteiger partial charge in [-0.15, -0.1) is 0 Å². The molecule has 12 nitrogen and oxygen atoms in total. The van der Waals surface area contributed by atoms with Crippen molar-refractivity contribution in [3.05, 3.63) is 35.7 Å². The van der Waals surface area contributed by atoms with E-state index in [2.05, 4.69) is 25.2 Å². The lowest BCUT2D eigenvalue weighted by molar-refractivity contribution is -0.197. The van der Waals surface area contributed by atoms with E-state index in [1.54, 1.807) is 6.92 Å². The number of alkyl carbamates (subject to hydrolysis) is 1. The summed E-state index contributed by atoms with van der Waals surface area (Å²) in [6.45, 7) is 15.6. The average Bonchev–Trinajstić information content (AvgIpc) is 2.86. The molecule has 40 heavy (non-hydrogen) atoms. The van der Waals surface area contributed by atoms with E-state index in [0.717, 1.165) is 29.8 Å². The van der Waals surface area contributed by atoms with Gasteiger partial charge in [0.25, 0.3) is 0 Å². The molecular formula is C28H52N4O8. The highest BCUT2D eigenvalue weighted by atomic mass is 16.8. The number of amides is 1. The standard InChI is InChI=1S/C28H52N4O8/c1-8-12-23(13-11-14-37-21-39-32(30)18-25(29)26(33)38-10-3)17-24(31-27(34)40-28(5,6)7)20-36-16-15-35-19-22(4)9-2/h11-13,18,22,24H,8-10,14-17,19-21,29-30H2,1-7H3,(H,31,34)/b13-11-,23-12+,25-18-/t22?,24-/m1/s1. The van der Waals surface area contributed by atoms with Crippen molar-refractivity contribution in [3.63, 3.8) is 0 Å². The fourth-order valence-corrected chi connectivity index (χ4v) is 2.99. The topological polar surface area (TPSA) is 157 Å². The Morgan fingerprint density at radius 1 is 1.05 bits per heavy atom. The molecule has 0 aliphatic heterocycles. The second kappa shape index (κ2) is 22.1. The van der Waals surface area contributed by atoms with Crippen molar-refractivity contribution >= 4 is 12.1 Å². The summed E-state index contributed by atoms with van der Waals surface area (Å²) in [4.78, 5) is 29.1. The molecule has 0 aliphatic carbocycles. The highest BCUT2D eigenvalue weighted by molar-refractivity contribution is 5.87. The van der Waals surface area contributed by atoms with Crippen molar-refractivity contribution in [1.29, 1.82) is 0 Å². The van der Waals surface area contributed by atoms with Crippen molar-refractivity contribution in [2.75, 3.05) is 46.4 Å². The lowest BCUT2D eigenvalue weighted by Crippen LogP contribution is -2.42. The van der Waals surface area contributed by atoms with Gasteiger partial charge in [0, 0.05) is 6.61 Å². The molecule has 0 aliphatic rings. The lowest BCUT2D eigenvalue weighted by atomic mass is 10.0. The minimum absolute atomic E-state index is 0.171. The Labute approximate surface area is 239 Å². The Kier molecular flexibility index (Phi) is 20.6. The van der Waals surface area contributed by atoms with E-state index in [4.69, 9.17) is 40.1 Å². The van der Waals surface area contributed by atoms with Crippen LogP contribution < -0.4 is 16.9 Å². The highest BCUT2D eigenvalue weighted by Crippen LogP contribution is 2.12. The number of hydrazine groups is 1. The number of hydrogen-bond acceptors (Lipinski definition) is 11. The van der Waals surface area contributed by atoms with Gasteiger partial charge in [-0.1, -0.05) is 51.0 Å². The van der Waals surface area contributed by atoms with Crippen LogP contribution in [-0.2, 0) is 33.3 Å². The van der Waals surface area contributed by atoms with Gasteiger partial charge in [0.15, 0.2) is 6.79 Å². The second-order valence-electron chi connectivity index (χ2n) is 10.1. The molecule has 0 bridgehead atoms. The molecule has 0 rings (SSSR count). The number of allylic oxidation sites excluding steroid dienone is 2.